The third kappa shape index (κ3) is 2.75. The zero-order valence-electron chi connectivity index (χ0n) is 12.2. The number of hydrogen-bond acceptors (Lipinski definition) is 4. The molecule has 1 amide bonds. The van der Waals surface area contributed by atoms with Gasteiger partial charge in [-0.05, 0) is 12.8 Å². The Labute approximate surface area is 126 Å². The first-order valence-corrected chi connectivity index (χ1v) is 7.25. The standard InChI is InChI=1S/C15H17F2N3O2/c1-9(21)19-11-8-18-10-5-7-22-14(10)13(11)20-12-4-2-3-6-15(12,16)17/h5,7-8,12H,2-4,6H2,1H3,(H,18,20)(H,19,21). The summed E-state index contributed by atoms with van der Waals surface area (Å²) >= 11 is 0. The van der Waals surface area contributed by atoms with Crippen LogP contribution in [-0.2, 0) is 4.79 Å². The molecule has 0 aliphatic heterocycles. The van der Waals surface area contributed by atoms with E-state index in [1.807, 2.05) is 0 Å². The molecule has 2 aromatic heterocycles. The van der Waals surface area contributed by atoms with Crippen molar-refractivity contribution >= 4 is 28.4 Å². The molecule has 7 heteroatoms. The maximum Gasteiger partial charge on any atom is 0.267 e. The molecule has 0 aromatic carbocycles. The maximum absolute atomic E-state index is 14.1. The van der Waals surface area contributed by atoms with Gasteiger partial charge in [-0.2, -0.15) is 0 Å². The normalized spacial score (nSPS) is 20.8. The summed E-state index contributed by atoms with van der Waals surface area (Å²) in [6.45, 7) is 1.35. The second kappa shape index (κ2) is 5.55. The Morgan fingerprint density at radius 1 is 1.45 bits per heavy atom. The molecule has 0 bridgehead atoms. The minimum Gasteiger partial charge on any atom is -0.460 e. The average molecular weight is 309 g/mol. The summed E-state index contributed by atoms with van der Waals surface area (Å²) in [7, 11) is 0. The van der Waals surface area contributed by atoms with Gasteiger partial charge in [-0.1, -0.05) is 6.42 Å². The van der Waals surface area contributed by atoms with Gasteiger partial charge in [0.15, 0.2) is 5.58 Å². The largest absolute Gasteiger partial charge is 0.460 e. The highest BCUT2D eigenvalue weighted by atomic mass is 19.3. The number of amides is 1. The van der Waals surface area contributed by atoms with E-state index in [1.165, 1.54) is 19.4 Å². The quantitative estimate of drug-likeness (QED) is 0.905. The van der Waals surface area contributed by atoms with Crippen LogP contribution in [0.2, 0.25) is 0 Å². The molecule has 5 nitrogen and oxygen atoms in total. The van der Waals surface area contributed by atoms with Crippen LogP contribution in [0.3, 0.4) is 0 Å². The maximum atomic E-state index is 14.1. The molecule has 118 valence electrons. The van der Waals surface area contributed by atoms with Crippen molar-refractivity contribution in [2.24, 2.45) is 0 Å². The lowest BCUT2D eigenvalue weighted by molar-refractivity contribution is -0.114. The van der Waals surface area contributed by atoms with Gasteiger partial charge in [0.25, 0.3) is 5.92 Å². The van der Waals surface area contributed by atoms with E-state index >= 15 is 0 Å². The molecule has 1 unspecified atom stereocenters. The number of alkyl halides is 2. The first-order valence-electron chi connectivity index (χ1n) is 7.25. The van der Waals surface area contributed by atoms with E-state index in [0.29, 0.717) is 35.3 Å². The van der Waals surface area contributed by atoms with Crippen molar-refractivity contribution in [2.45, 2.75) is 44.6 Å². The zero-order valence-corrected chi connectivity index (χ0v) is 12.2. The molecular weight excluding hydrogens is 292 g/mol. The summed E-state index contributed by atoms with van der Waals surface area (Å²) in [4.78, 5) is 15.5. The van der Waals surface area contributed by atoms with Gasteiger partial charge in [0.05, 0.1) is 24.2 Å². The summed E-state index contributed by atoms with van der Waals surface area (Å²) in [5.41, 5.74) is 1.62. The van der Waals surface area contributed by atoms with E-state index in [2.05, 4.69) is 15.6 Å². The number of nitrogens with zero attached hydrogens (tertiary/aromatic N) is 1. The van der Waals surface area contributed by atoms with Gasteiger partial charge >= 0.3 is 0 Å². The predicted molar refractivity (Wildman–Crippen MR) is 79.1 cm³/mol. The van der Waals surface area contributed by atoms with Crippen LogP contribution >= 0.6 is 0 Å². The zero-order chi connectivity index (χ0) is 15.7. The van der Waals surface area contributed by atoms with E-state index < -0.39 is 12.0 Å². The van der Waals surface area contributed by atoms with Crippen LogP contribution < -0.4 is 10.6 Å². The van der Waals surface area contributed by atoms with Gasteiger partial charge in [0.1, 0.15) is 11.2 Å². The molecule has 0 spiro atoms. The Morgan fingerprint density at radius 3 is 3.00 bits per heavy atom. The number of carbonyl (C=O) groups is 1. The monoisotopic (exact) mass is 309 g/mol. The lowest BCUT2D eigenvalue weighted by Gasteiger charge is -2.32. The Hall–Kier alpha value is -2.18. The summed E-state index contributed by atoms with van der Waals surface area (Å²) < 4.78 is 33.5. The van der Waals surface area contributed by atoms with Gasteiger partial charge in [0.2, 0.25) is 5.91 Å². The molecule has 22 heavy (non-hydrogen) atoms. The van der Waals surface area contributed by atoms with E-state index in [1.54, 1.807) is 6.07 Å². The summed E-state index contributed by atoms with van der Waals surface area (Å²) in [5, 5.41) is 5.48. The molecular formula is C15H17F2N3O2. The van der Waals surface area contributed by atoms with Crippen LogP contribution in [0.1, 0.15) is 32.6 Å². The minimum atomic E-state index is -2.78. The van der Waals surface area contributed by atoms with Crippen molar-refractivity contribution in [3.05, 3.63) is 18.5 Å². The first-order chi connectivity index (χ1) is 10.5. The van der Waals surface area contributed by atoms with Crippen LogP contribution in [0, 0.1) is 0 Å². The lowest BCUT2D eigenvalue weighted by Crippen LogP contribution is -2.42. The number of halogens is 2. The third-order valence-corrected chi connectivity index (χ3v) is 3.87. The summed E-state index contributed by atoms with van der Waals surface area (Å²) in [5.74, 6) is -3.08. The SMILES string of the molecule is CC(=O)Nc1cnc2ccoc2c1NC1CCCCC1(F)F. The number of anilines is 2. The molecule has 1 fully saturated rings. The fraction of sp³-hybridized carbons (Fsp3) is 0.467. The van der Waals surface area contributed by atoms with Crippen LogP contribution in [0.5, 0.6) is 0 Å². The Balaban J connectivity index is 2.00. The van der Waals surface area contributed by atoms with Crippen molar-refractivity contribution in [1.29, 1.82) is 0 Å². The number of fused-ring (bicyclic) bond motifs is 1. The molecule has 0 saturated heterocycles. The fourth-order valence-corrected chi connectivity index (χ4v) is 2.79. The van der Waals surface area contributed by atoms with E-state index in [-0.39, 0.29) is 12.3 Å². The number of aromatic nitrogens is 1. The van der Waals surface area contributed by atoms with Gasteiger partial charge in [-0.25, -0.2) is 8.78 Å². The van der Waals surface area contributed by atoms with Gasteiger partial charge in [-0.3, -0.25) is 9.78 Å². The second-order valence-corrected chi connectivity index (χ2v) is 5.57. The van der Waals surface area contributed by atoms with Crippen molar-refractivity contribution in [1.82, 2.24) is 4.98 Å². The Kier molecular flexibility index (Phi) is 3.72. The molecule has 1 atom stereocenters. The number of pyridine rings is 1. The van der Waals surface area contributed by atoms with Crippen LogP contribution in [0.25, 0.3) is 11.1 Å². The van der Waals surface area contributed by atoms with E-state index in [9.17, 15) is 13.6 Å². The smallest absolute Gasteiger partial charge is 0.267 e. The third-order valence-electron chi connectivity index (χ3n) is 3.87. The fourth-order valence-electron chi connectivity index (χ4n) is 2.79. The van der Waals surface area contributed by atoms with Gasteiger partial charge < -0.3 is 15.1 Å². The highest BCUT2D eigenvalue weighted by Gasteiger charge is 2.42. The molecule has 3 rings (SSSR count). The lowest BCUT2D eigenvalue weighted by atomic mass is 9.91. The summed E-state index contributed by atoms with van der Waals surface area (Å²) in [6.07, 6.45) is 4.40. The Bertz CT molecular complexity index is 699. The molecule has 2 aromatic rings. The van der Waals surface area contributed by atoms with Crippen molar-refractivity contribution in [3.63, 3.8) is 0 Å². The van der Waals surface area contributed by atoms with Gasteiger partial charge in [0, 0.05) is 19.4 Å². The van der Waals surface area contributed by atoms with Crippen molar-refractivity contribution in [3.8, 4) is 0 Å². The average Bonchev–Trinajstić information content (AvgIpc) is 2.91. The molecule has 2 N–H and O–H groups in total. The second-order valence-electron chi connectivity index (χ2n) is 5.57. The number of nitrogens with one attached hydrogen (secondary N) is 2. The number of carbonyl (C=O) groups excluding carboxylic acids is 1. The molecule has 1 aliphatic rings. The van der Waals surface area contributed by atoms with Crippen LogP contribution in [0.15, 0.2) is 22.9 Å². The topological polar surface area (TPSA) is 67.2 Å². The molecule has 0 radical (unpaired) electrons. The number of hydrogen-bond donors (Lipinski definition) is 2. The number of rotatable bonds is 3. The van der Waals surface area contributed by atoms with Crippen LogP contribution in [0.4, 0.5) is 20.2 Å². The van der Waals surface area contributed by atoms with Crippen molar-refractivity contribution in [2.75, 3.05) is 10.6 Å². The Morgan fingerprint density at radius 2 is 2.27 bits per heavy atom. The highest BCUT2D eigenvalue weighted by Crippen LogP contribution is 2.38. The van der Waals surface area contributed by atoms with E-state index in [4.69, 9.17) is 4.42 Å². The van der Waals surface area contributed by atoms with Gasteiger partial charge in [-0.15, -0.1) is 0 Å². The molecule has 1 saturated carbocycles. The molecule has 2 heterocycles. The first kappa shape index (κ1) is 14.7. The van der Waals surface area contributed by atoms with Crippen LogP contribution in [-0.4, -0.2) is 22.9 Å². The predicted octanol–water partition coefficient (Wildman–Crippen LogP) is 3.78. The van der Waals surface area contributed by atoms with Crippen molar-refractivity contribution < 1.29 is 18.0 Å². The number of furan rings is 1. The minimum absolute atomic E-state index is 0.132. The van der Waals surface area contributed by atoms with E-state index in [0.717, 1.165) is 6.42 Å². The molecule has 1 aliphatic carbocycles. The summed E-state index contributed by atoms with van der Waals surface area (Å²) in [6, 6.07) is 0.668. The highest BCUT2D eigenvalue weighted by molar-refractivity contribution is 6.00.